The van der Waals surface area contributed by atoms with E-state index < -0.39 is 4.92 Å². The van der Waals surface area contributed by atoms with Gasteiger partial charge in [-0.3, -0.25) is 15.2 Å². The molecule has 0 saturated heterocycles. The number of hydrogen-bond donors (Lipinski definition) is 3. The Morgan fingerprint density at radius 2 is 1.94 bits per heavy atom. The van der Waals surface area contributed by atoms with E-state index in [4.69, 9.17) is 11.5 Å². The summed E-state index contributed by atoms with van der Waals surface area (Å²) in [6.45, 7) is 0. The maximum absolute atomic E-state index is 10.5. The summed E-state index contributed by atoms with van der Waals surface area (Å²) in [6, 6.07) is 6.23. The molecule has 0 saturated carbocycles. The highest BCUT2D eigenvalue weighted by molar-refractivity contribution is 5.55. The molecule has 17 heavy (non-hydrogen) atoms. The van der Waals surface area contributed by atoms with E-state index >= 15 is 0 Å². The molecule has 0 atom stereocenters. The number of nitrogens with zero attached hydrogens (tertiary/aromatic N) is 2. The number of aromatic nitrogens is 2. The number of non-ortho nitro benzene ring substituents is 1. The lowest BCUT2D eigenvalue weighted by atomic mass is 10.1. The van der Waals surface area contributed by atoms with Crippen LogP contribution in [0.2, 0.25) is 0 Å². The van der Waals surface area contributed by atoms with Crippen LogP contribution in [0.1, 0.15) is 11.1 Å². The summed E-state index contributed by atoms with van der Waals surface area (Å²) >= 11 is 0. The molecule has 88 valence electrons. The van der Waals surface area contributed by atoms with Gasteiger partial charge >= 0.3 is 0 Å². The van der Waals surface area contributed by atoms with Crippen LogP contribution in [-0.4, -0.2) is 15.1 Å². The normalized spacial score (nSPS) is 10.4. The molecule has 2 aromatic rings. The molecule has 0 aliphatic carbocycles. The second kappa shape index (κ2) is 4.12. The number of hydrogen-bond acceptors (Lipinski definition) is 5. The summed E-state index contributed by atoms with van der Waals surface area (Å²) in [6.07, 6.45) is 0.492. The van der Waals surface area contributed by atoms with E-state index in [0.29, 0.717) is 23.6 Å². The second-order valence-electron chi connectivity index (χ2n) is 3.60. The van der Waals surface area contributed by atoms with Crippen molar-refractivity contribution < 1.29 is 4.92 Å². The average molecular weight is 233 g/mol. The summed E-state index contributed by atoms with van der Waals surface area (Å²) in [5, 5.41) is 16.8. The molecule has 7 nitrogen and oxygen atoms in total. The van der Waals surface area contributed by atoms with E-state index in [1.807, 2.05) is 0 Å². The van der Waals surface area contributed by atoms with Gasteiger partial charge in [-0.2, -0.15) is 5.10 Å². The summed E-state index contributed by atoms with van der Waals surface area (Å²) < 4.78 is 0. The molecule has 1 aromatic carbocycles. The van der Waals surface area contributed by atoms with Gasteiger partial charge < -0.3 is 11.5 Å². The van der Waals surface area contributed by atoms with E-state index in [9.17, 15) is 10.1 Å². The number of benzene rings is 1. The Hall–Kier alpha value is -2.57. The molecule has 0 amide bonds. The maximum Gasteiger partial charge on any atom is 0.269 e. The Bertz CT molecular complexity index is 527. The largest absolute Gasteiger partial charge is 0.384 e. The first-order valence-electron chi connectivity index (χ1n) is 4.89. The molecule has 0 spiro atoms. The van der Waals surface area contributed by atoms with Crippen LogP contribution in [0.3, 0.4) is 0 Å². The Kier molecular flexibility index (Phi) is 2.65. The zero-order valence-electron chi connectivity index (χ0n) is 8.88. The first-order valence-corrected chi connectivity index (χ1v) is 4.89. The highest BCUT2D eigenvalue weighted by atomic mass is 16.6. The molecule has 0 aliphatic rings. The summed E-state index contributed by atoms with van der Waals surface area (Å²) in [5.41, 5.74) is 12.9. The minimum Gasteiger partial charge on any atom is -0.384 e. The van der Waals surface area contributed by atoms with Crippen molar-refractivity contribution in [2.45, 2.75) is 6.42 Å². The van der Waals surface area contributed by atoms with E-state index in [2.05, 4.69) is 10.2 Å². The standard InChI is InChI=1S/C10H11N5O2/c11-9-8(10(12)14-13-9)5-6-1-3-7(4-2-6)15(16)17/h1-4H,5H2,(H5,11,12,13,14). The first-order chi connectivity index (χ1) is 8.08. The molecule has 0 aliphatic heterocycles. The highest BCUT2D eigenvalue weighted by Gasteiger charge is 2.10. The zero-order chi connectivity index (χ0) is 12.4. The third-order valence-corrected chi connectivity index (χ3v) is 2.46. The minimum atomic E-state index is -0.440. The first kappa shape index (κ1) is 10.9. The number of nitrogens with two attached hydrogens (primary N) is 2. The summed E-state index contributed by atoms with van der Waals surface area (Å²) in [4.78, 5) is 10.0. The van der Waals surface area contributed by atoms with Crippen LogP contribution in [0.4, 0.5) is 17.3 Å². The van der Waals surface area contributed by atoms with E-state index in [-0.39, 0.29) is 5.69 Å². The monoisotopic (exact) mass is 233 g/mol. The van der Waals surface area contributed by atoms with Crippen molar-refractivity contribution in [2.24, 2.45) is 0 Å². The number of nitro groups is 1. The minimum absolute atomic E-state index is 0.0573. The van der Waals surface area contributed by atoms with Gasteiger partial charge in [-0.1, -0.05) is 12.1 Å². The Morgan fingerprint density at radius 3 is 2.41 bits per heavy atom. The molecule has 0 bridgehead atoms. The third-order valence-electron chi connectivity index (χ3n) is 2.46. The van der Waals surface area contributed by atoms with E-state index in [0.717, 1.165) is 5.56 Å². The van der Waals surface area contributed by atoms with Gasteiger partial charge in [0.25, 0.3) is 5.69 Å². The highest BCUT2D eigenvalue weighted by Crippen LogP contribution is 2.21. The number of aromatic amines is 1. The van der Waals surface area contributed by atoms with Crippen molar-refractivity contribution in [3.63, 3.8) is 0 Å². The van der Waals surface area contributed by atoms with Crippen LogP contribution >= 0.6 is 0 Å². The van der Waals surface area contributed by atoms with Gasteiger partial charge in [0.2, 0.25) is 0 Å². The van der Waals surface area contributed by atoms with Crippen molar-refractivity contribution in [1.29, 1.82) is 0 Å². The number of nitrogen functional groups attached to an aromatic ring is 2. The lowest BCUT2D eigenvalue weighted by Gasteiger charge is -2.01. The molecule has 1 heterocycles. The van der Waals surface area contributed by atoms with E-state index in [1.165, 1.54) is 12.1 Å². The van der Waals surface area contributed by atoms with Crippen LogP contribution in [-0.2, 0) is 6.42 Å². The molecule has 0 unspecified atom stereocenters. The summed E-state index contributed by atoms with van der Waals surface area (Å²) in [7, 11) is 0. The molecule has 1 aromatic heterocycles. The molecule has 2 rings (SSSR count). The Morgan fingerprint density at radius 1 is 1.29 bits per heavy atom. The molecule has 0 fully saturated rings. The van der Waals surface area contributed by atoms with Gasteiger partial charge in [-0.05, 0) is 5.56 Å². The Labute approximate surface area is 96.6 Å². The van der Waals surface area contributed by atoms with Gasteiger partial charge in [0.15, 0.2) is 5.82 Å². The summed E-state index contributed by atoms with van der Waals surface area (Å²) in [5.74, 6) is 0.765. The smallest absolute Gasteiger partial charge is 0.269 e. The predicted octanol–water partition coefficient (Wildman–Crippen LogP) is 1.07. The number of nitrogens with one attached hydrogen (secondary N) is 1. The van der Waals surface area contributed by atoms with Crippen molar-refractivity contribution in [3.8, 4) is 0 Å². The average Bonchev–Trinajstić information content (AvgIpc) is 2.61. The van der Waals surface area contributed by atoms with Crippen molar-refractivity contribution in [3.05, 3.63) is 45.5 Å². The topological polar surface area (TPSA) is 124 Å². The predicted molar refractivity (Wildman–Crippen MR) is 63.3 cm³/mol. The van der Waals surface area contributed by atoms with Gasteiger partial charge in [0.05, 0.1) is 4.92 Å². The van der Waals surface area contributed by atoms with Crippen molar-refractivity contribution in [2.75, 3.05) is 11.5 Å². The SMILES string of the molecule is Nc1n[nH]c(N)c1Cc1ccc([N+](=O)[O-])cc1. The fraction of sp³-hybridized carbons (Fsp3) is 0.100. The number of H-pyrrole nitrogens is 1. The quantitative estimate of drug-likeness (QED) is 0.540. The van der Waals surface area contributed by atoms with Crippen LogP contribution in [0.5, 0.6) is 0 Å². The van der Waals surface area contributed by atoms with Crippen LogP contribution in [0.25, 0.3) is 0 Å². The van der Waals surface area contributed by atoms with Gasteiger partial charge in [0, 0.05) is 24.1 Å². The fourth-order valence-corrected chi connectivity index (χ4v) is 1.52. The third kappa shape index (κ3) is 2.17. The van der Waals surface area contributed by atoms with Crippen molar-refractivity contribution >= 4 is 17.3 Å². The lowest BCUT2D eigenvalue weighted by Crippen LogP contribution is -1.97. The van der Waals surface area contributed by atoms with Gasteiger partial charge in [0.1, 0.15) is 5.82 Å². The van der Waals surface area contributed by atoms with Crippen molar-refractivity contribution in [1.82, 2.24) is 10.2 Å². The molecular weight excluding hydrogens is 222 g/mol. The maximum atomic E-state index is 10.5. The van der Waals surface area contributed by atoms with Gasteiger partial charge in [-0.15, -0.1) is 0 Å². The molecule has 5 N–H and O–H groups in total. The molecular formula is C10H11N5O2. The fourth-order valence-electron chi connectivity index (χ4n) is 1.52. The Balaban J connectivity index is 2.22. The molecule has 7 heteroatoms. The number of anilines is 2. The van der Waals surface area contributed by atoms with Crippen LogP contribution in [0.15, 0.2) is 24.3 Å². The van der Waals surface area contributed by atoms with Crippen LogP contribution < -0.4 is 11.5 Å². The number of nitro benzene ring substituents is 1. The lowest BCUT2D eigenvalue weighted by molar-refractivity contribution is -0.384. The molecule has 0 radical (unpaired) electrons. The number of rotatable bonds is 3. The van der Waals surface area contributed by atoms with E-state index in [1.54, 1.807) is 12.1 Å². The zero-order valence-corrected chi connectivity index (χ0v) is 8.88. The second-order valence-corrected chi connectivity index (χ2v) is 3.60. The van der Waals surface area contributed by atoms with Crippen LogP contribution in [0, 0.1) is 10.1 Å². The van der Waals surface area contributed by atoms with Gasteiger partial charge in [-0.25, -0.2) is 0 Å².